The second kappa shape index (κ2) is 8.77. The molecular formula is C21H25N3O3. The first-order valence-electron chi connectivity index (χ1n) is 9.26. The summed E-state index contributed by atoms with van der Waals surface area (Å²) in [6.07, 6.45) is 4.08. The molecule has 0 aliphatic carbocycles. The molecule has 1 amide bonds. The van der Waals surface area contributed by atoms with E-state index in [1.54, 1.807) is 11.0 Å². The predicted octanol–water partition coefficient (Wildman–Crippen LogP) is 2.62. The minimum absolute atomic E-state index is 0.00655. The van der Waals surface area contributed by atoms with Crippen LogP contribution in [-0.4, -0.2) is 58.4 Å². The highest BCUT2D eigenvalue weighted by Crippen LogP contribution is 2.23. The molecule has 1 aliphatic rings. The quantitative estimate of drug-likeness (QED) is 0.814. The maximum Gasteiger partial charge on any atom is 0.354 e. The molecule has 0 spiro atoms. The Morgan fingerprint density at radius 2 is 1.85 bits per heavy atom. The maximum absolute atomic E-state index is 12.9. The molecule has 6 heteroatoms. The van der Waals surface area contributed by atoms with Crippen molar-refractivity contribution in [3.8, 4) is 0 Å². The highest BCUT2D eigenvalue weighted by molar-refractivity contribution is 5.85. The number of hydrogen-bond acceptors (Lipinski definition) is 4. The Kier molecular flexibility index (Phi) is 6.19. The van der Waals surface area contributed by atoms with Crippen molar-refractivity contribution in [2.24, 2.45) is 0 Å². The van der Waals surface area contributed by atoms with Crippen molar-refractivity contribution in [1.29, 1.82) is 0 Å². The fourth-order valence-electron chi connectivity index (χ4n) is 3.47. The Balaban J connectivity index is 1.72. The van der Waals surface area contributed by atoms with Crippen LogP contribution in [0.4, 0.5) is 0 Å². The van der Waals surface area contributed by atoms with Crippen LogP contribution in [0.25, 0.3) is 0 Å². The fraction of sp³-hybridized carbons (Fsp3) is 0.381. The number of carboxylic acid groups (broad SMARTS) is 1. The number of amides is 1. The maximum atomic E-state index is 12.9. The molecule has 1 aromatic heterocycles. The van der Waals surface area contributed by atoms with Crippen molar-refractivity contribution in [2.45, 2.75) is 25.3 Å². The van der Waals surface area contributed by atoms with E-state index in [2.05, 4.69) is 22.0 Å². The van der Waals surface area contributed by atoms with Gasteiger partial charge in [-0.1, -0.05) is 36.4 Å². The number of aromatic carboxylic acids is 1. The van der Waals surface area contributed by atoms with Crippen LogP contribution in [-0.2, 0) is 11.2 Å². The van der Waals surface area contributed by atoms with E-state index in [0.29, 0.717) is 5.56 Å². The molecule has 2 aromatic rings. The molecule has 142 valence electrons. The van der Waals surface area contributed by atoms with E-state index in [0.717, 1.165) is 25.2 Å². The smallest absolute Gasteiger partial charge is 0.354 e. The molecule has 1 atom stereocenters. The number of hydrogen-bond donors (Lipinski definition) is 1. The first kappa shape index (κ1) is 19.0. The van der Waals surface area contributed by atoms with Crippen molar-refractivity contribution in [2.75, 3.05) is 26.7 Å². The average molecular weight is 367 g/mol. The Bertz CT molecular complexity index is 771. The lowest BCUT2D eigenvalue weighted by molar-refractivity contribution is -0.131. The number of nitrogens with zero attached hydrogens (tertiary/aromatic N) is 3. The van der Waals surface area contributed by atoms with Gasteiger partial charge >= 0.3 is 5.97 Å². The number of carboxylic acids is 1. The molecule has 1 aliphatic heterocycles. The third-order valence-electron chi connectivity index (χ3n) is 5.07. The molecule has 1 fully saturated rings. The third-order valence-corrected chi connectivity index (χ3v) is 5.07. The van der Waals surface area contributed by atoms with Gasteiger partial charge in [0, 0.05) is 19.8 Å². The second-order valence-corrected chi connectivity index (χ2v) is 6.97. The van der Waals surface area contributed by atoms with Crippen LogP contribution in [0.5, 0.6) is 0 Å². The Hall–Kier alpha value is -2.73. The largest absolute Gasteiger partial charge is 0.477 e. The van der Waals surface area contributed by atoms with Crippen LogP contribution in [0.1, 0.15) is 40.5 Å². The molecule has 3 rings (SSSR count). The van der Waals surface area contributed by atoms with Crippen molar-refractivity contribution in [3.05, 3.63) is 65.5 Å². The fourth-order valence-corrected chi connectivity index (χ4v) is 3.47. The van der Waals surface area contributed by atoms with Crippen molar-refractivity contribution < 1.29 is 14.7 Å². The van der Waals surface area contributed by atoms with Gasteiger partial charge in [0.25, 0.3) is 0 Å². The van der Waals surface area contributed by atoms with Crippen LogP contribution < -0.4 is 0 Å². The molecule has 1 N–H and O–H groups in total. The number of likely N-dealkylation sites (tertiary alicyclic amines) is 1. The standard InChI is InChI=1S/C21H25N3O3/c1-23(20(25)13-16-9-10-18(21(26)27)22-14-16)19(15-24-11-5-6-12-24)17-7-3-2-4-8-17/h2-4,7-10,14,19H,5-6,11-13,15H2,1H3,(H,26,27)/t19-/m1/s1. The van der Waals surface area contributed by atoms with E-state index >= 15 is 0 Å². The SMILES string of the molecule is CN(C(=O)Cc1ccc(C(=O)O)nc1)[C@H](CN1CCCC1)c1ccccc1. The summed E-state index contributed by atoms with van der Waals surface area (Å²) in [6, 6.07) is 13.2. The van der Waals surface area contributed by atoms with E-state index in [1.165, 1.54) is 25.1 Å². The Morgan fingerprint density at radius 1 is 1.15 bits per heavy atom. The molecule has 0 saturated carbocycles. The Morgan fingerprint density at radius 3 is 2.44 bits per heavy atom. The number of carbonyl (C=O) groups is 2. The first-order chi connectivity index (χ1) is 13.0. The first-order valence-corrected chi connectivity index (χ1v) is 9.26. The number of aromatic nitrogens is 1. The zero-order valence-corrected chi connectivity index (χ0v) is 15.5. The normalized spacial score (nSPS) is 15.4. The van der Waals surface area contributed by atoms with E-state index in [9.17, 15) is 9.59 Å². The van der Waals surface area contributed by atoms with Gasteiger partial charge in [-0.15, -0.1) is 0 Å². The highest BCUT2D eigenvalue weighted by Gasteiger charge is 2.25. The molecule has 27 heavy (non-hydrogen) atoms. The molecule has 1 saturated heterocycles. The molecule has 6 nitrogen and oxygen atoms in total. The van der Waals surface area contributed by atoms with E-state index < -0.39 is 5.97 Å². The Labute approximate surface area is 159 Å². The van der Waals surface area contributed by atoms with Crippen molar-refractivity contribution in [3.63, 3.8) is 0 Å². The summed E-state index contributed by atoms with van der Waals surface area (Å²) in [5.41, 5.74) is 1.82. The summed E-state index contributed by atoms with van der Waals surface area (Å²) in [7, 11) is 1.84. The zero-order chi connectivity index (χ0) is 19.2. The van der Waals surface area contributed by atoms with Crippen molar-refractivity contribution in [1.82, 2.24) is 14.8 Å². The lowest BCUT2D eigenvalue weighted by Crippen LogP contribution is -2.39. The minimum Gasteiger partial charge on any atom is -0.477 e. The molecule has 0 bridgehead atoms. The van der Waals surface area contributed by atoms with Gasteiger partial charge in [0.2, 0.25) is 5.91 Å². The van der Waals surface area contributed by atoms with Gasteiger partial charge in [-0.25, -0.2) is 9.78 Å². The van der Waals surface area contributed by atoms with Gasteiger partial charge in [-0.3, -0.25) is 4.79 Å². The zero-order valence-electron chi connectivity index (χ0n) is 15.5. The predicted molar refractivity (Wildman–Crippen MR) is 103 cm³/mol. The number of carbonyl (C=O) groups excluding carboxylic acids is 1. The number of benzene rings is 1. The van der Waals surface area contributed by atoms with Crippen LogP contribution in [0.2, 0.25) is 0 Å². The summed E-state index contributed by atoms with van der Waals surface area (Å²) in [6.45, 7) is 2.97. The van der Waals surface area contributed by atoms with Gasteiger partial charge in [-0.05, 0) is 43.1 Å². The molecule has 1 aromatic carbocycles. The molecular weight excluding hydrogens is 342 g/mol. The average Bonchev–Trinajstić information content (AvgIpc) is 3.20. The lowest BCUT2D eigenvalue weighted by Gasteiger charge is -2.32. The lowest BCUT2D eigenvalue weighted by atomic mass is 10.0. The van der Waals surface area contributed by atoms with Crippen LogP contribution in [0.3, 0.4) is 0 Å². The monoisotopic (exact) mass is 367 g/mol. The van der Waals surface area contributed by atoms with Gasteiger partial charge in [0.05, 0.1) is 12.5 Å². The number of pyridine rings is 1. The molecule has 2 heterocycles. The van der Waals surface area contributed by atoms with Gasteiger partial charge in [-0.2, -0.15) is 0 Å². The van der Waals surface area contributed by atoms with Crippen LogP contribution >= 0.6 is 0 Å². The number of rotatable bonds is 7. The van der Waals surface area contributed by atoms with E-state index in [-0.39, 0.29) is 24.1 Å². The molecule has 0 radical (unpaired) electrons. The van der Waals surface area contributed by atoms with E-state index in [4.69, 9.17) is 5.11 Å². The van der Waals surface area contributed by atoms with E-state index in [1.807, 2.05) is 25.2 Å². The van der Waals surface area contributed by atoms with Gasteiger partial charge in [0.15, 0.2) is 0 Å². The van der Waals surface area contributed by atoms with Gasteiger partial charge < -0.3 is 14.9 Å². The summed E-state index contributed by atoms with van der Waals surface area (Å²) in [5, 5.41) is 8.94. The molecule has 0 unspecified atom stereocenters. The van der Waals surface area contributed by atoms with Gasteiger partial charge in [0.1, 0.15) is 5.69 Å². The summed E-state index contributed by atoms with van der Waals surface area (Å²) in [4.78, 5) is 31.9. The third kappa shape index (κ3) is 4.92. The summed E-state index contributed by atoms with van der Waals surface area (Å²) in [5.74, 6) is -1.08. The van der Waals surface area contributed by atoms with Crippen LogP contribution in [0, 0.1) is 0 Å². The van der Waals surface area contributed by atoms with Crippen molar-refractivity contribution >= 4 is 11.9 Å². The topological polar surface area (TPSA) is 73.7 Å². The summed E-state index contributed by atoms with van der Waals surface area (Å²) >= 11 is 0. The number of likely N-dealkylation sites (N-methyl/N-ethyl adjacent to an activating group) is 1. The highest BCUT2D eigenvalue weighted by atomic mass is 16.4. The summed E-state index contributed by atoms with van der Waals surface area (Å²) < 4.78 is 0. The second-order valence-electron chi connectivity index (χ2n) is 6.97. The van der Waals surface area contributed by atoms with Crippen LogP contribution in [0.15, 0.2) is 48.7 Å². The minimum atomic E-state index is -1.07.